The van der Waals surface area contributed by atoms with Crippen LogP contribution in [0.5, 0.6) is 0 Å². The summed E-state index contributed by atoms with van der Waals surface area (Å²) in [5, 5.41) is 0. The van der Waals surface area contributed by atoms with E-state index in [-0.39, 0.29) is 5.62 Å². The first-order chi connectivity index (χ1) is 6.88. The van der Waals surface area contributed by atoms with Crippen LogP contribution in [0.15, 0.2) is 0 Å². The lowest BCUT2D eigenvalue weighted by atomic mass is 10.1. The number of rotatable bonds is 2. The van der Waals surface area contributed by atoms with Crippen LogP contribution < -0.4 is 0 Å². The quantitative estimate of drug-likeness (QED) is 0.514. The molecule has 14 heavy (non-hydrogen) atoms. The number of likely N-dealkylation sites (tertiary alicyclic amines) is 1. The number of nitrogens with zero attached hydrogens (tertiary/aromatic N) is 2. The molecule has 0 amide bonds. The van der Waals surface area contributed by atoms with Gasteiger partial charge in [-0.05, 0) is 12.8 Å². The molecule has 0 spiro atoms. The molecule has 0 aromatic rings. The van der Waals surface area contributed by atoms with E-state index in [1.165, 1.54) is 19.3 Å². The Morgan fingerprint density at radius 2 is 1.43 bits per heavy atom. The van der Waals surface area contributed by atoms with Gasteiger partial charge in [-0.1, -0.05) is 18.0 Å². The highest BCUT2D eigenvalue weighted by Gasteiger charge is 2.25. The molecule has 2 saturated heterocycles. The van der Waals surface area contributed by atoms with Crippen LogP contribution in [0.2, 0.25) is 0 Å². The summed E-state index contributed by atoms with van der Waals surface area (Å²) in [6.45, 7) is 5.93. The molecule has 0 saturated carbocycles. The Kier molecular flexibility index (Phi) is 4.05. The van der Waals surface area contributed by atoms with E-state index in [0.717, 1.165) is 39.4 Å². The van der Waals surface area contributed by atoms with Crippen molar-refractivity contribution >= 4 is 11.6 Å². The zero-order valence-electron chi connectivity index (χ0n) is 8.62. The Labute approximate surface area is 90.9 Å². The van der Waals surface area contributed by atoms with Gasteiger partial charge in [0, 0.05) is 26.2 Å². The summed E-state index contributed by atoms with van der Waals surface area (Å²) in [5.41, 5.74) is 0.0965. The van der Waals surface area contributed by atoms with Gasteiger partial charge in [0.2, 0.25) is 0 Å². The van der Waals surface area contributed by atoms with Crippen molar-refractivity contribution in [3.05, 3.63) is 0 Å². The van der Waals surface area contributed by atoms with Gasteiger partial charge in [0.25, 0.3) is 0 Å². The van der Waals surface area contributed by atoms with Crippen LogP contribution in [-0.2, 0) is 4.74 Å². The number of ether oxygens (including phenoxy) is 1. The summed E-state index contributed by atoms with van der Waals surface area (Å²) in [4.78, 5) is 4.70. The van der Waals surface area contributed by atoms with Crippen LogP contribution in [0.3, 0.4) is 0 Å². The first kappa shape index (κ1) is 10.7. The van der Waals surface area contributed by atoms with Gasteiger partial charge >= 0.3 is 0 Å². The third kappa shape index (κ3) is 2.60. The topological polar surface area (TPSA) is 15.7 Å². The van der Waals surface area contributed by atoms with Crippen molar-refractivity contribution in [3.8, 4) is 0 Å². The minimum atomic E-state index is 0.0965. The normalized spacial score (nSPS) is 28.9. The predicted molar refractivity (Wildman–Crippen MR) is 57.5 cm³/mol. The molecule has 82 valence electrons. The first-order valence-corrected chi connectivity index (χ1v) is 6.01. The monoisotopic (exact) mass is 218 g/mol. The van der Waals surface area contributed by atoms with E-state index in [9.17, 15) is 0 Å². The molecule has 2 aliphatic heterocycles. The summed E-state index contributed by atoms with van der Waals surface area (Å²) in [5.74, 6) is 0. The molecule has 2 rings (SSSR count). The largest absolute Gasteiger partial charge is 0.379 e. The Balaban J connectivity index is 1.82. The van der Waals surface area contributed by atoms with Crippen molar-refractivity contribution in [1.29, 1.82) is 0 Å². The lowest BCUT2D eigenvalue weighted by Gasteiger charge is -2.39. The van der Waals surface area contributed by atoms with Gasteiger partial charge in [-0.2, -0.15) is 0 Å². The molecule has 1 unspecified atom stereocenters. The van der Waals surface area contributed by atoms with E-state index < -0.39 is 0 Å². The molecule has 0 aliphatic carbocycles. The maximum atomic E-state index is 6.43. The fraction of sp³-hybridized carbons (Fsp3) is 1.00. The fourth-order valence-corrected chi connectivity index (χ4v) is 2.54. The average Bonchev–Trinajstić information content (AvgIpc) is 2.30. The minimum Gasteiger partial charge on any atom is -0.379 e. The zero-order chi connectivity index (χ0) is 9.80. The molecule has 2 aliphatic rings. The molecule has 0 aromatic heterocycles. The van der Waals surface area contributed by atoms with Crippen molar-refractivity contribution in [2.75, 3.05) is 39.4 Å². The van der Waals surface area contributed by atoms with Crippen LogP contribution >= 0.6 is 11.6 Å². The van der Waals surface area contributed by atoms with Gasteiger partial charge in [0.15, 0.2) is 0 Å². The van der Waals surface area contributed by atoms with Crippen molar-refractivity contribution in [2.45, 2.75) is 24.9 Å². The van der Waals surface area contributed by atoms with Crippen molar-refractivity contribution in [1.82, 2.24) is 9.80 Å². The molecule has 0 bridgehead atoms. The maximum absolute atomic E-state index is 6.43. The van der Waals surface area contributed by atoms with Crippen molar-refractivity contribution in [2.24, 2.45) is 0 Å². The second-order valence-electron chi connectivity index (χ2n) is 4.06. The van der Waals surface area contributed by atoms with Gasteiger partial charge in [0.05, 0.1) is 13.2 Å². The number of hydrogen-bond donors (Lipinski definition) is 0. The smallest absolute Gasteiger partial charge is 0.140 e. The molecule has 3 nitrogen and oxygen atoms in total. The Morgan fingerprint density at radius 3 is 2.07 bits per heavy atom. The number of morpholine rings is 1. The highest BCUT2D eigenvalue weighted by atomic mass is 35.5. The Morgan fingerprint density at radius 1 is 0.857 bits per heavy atom. The number of halogens is 1. The highest BCUT2D eigenvalue weighted by Crippen LogP contribution is 2.18. The van der Waals surface area contributed by atoms with Gasteiger partial charge in [0.1, 0.15) is 5.62 Å². The molecular formula is C10H19ClN2O. The van der Waals surface area contributed by atoms with E-state index in [0.29, 0.717) is 0 Å². The minimum absolute atomic E-state index is 0.0965. The number of alkyl halides is 1. The molecule has 2 heterocycles. The van der Waals surface area contributed by atoms with Crippen LogP contribution in [0.1, 0.15) is 19.3 Å². The average molecular weight is 219 g/mol. The van der Waals surface area contributed by atoms with Crippen molar-refractivity contribution in [3.63, 3.8) is 0 Å². The van der Waals surface area contributed by atoms with E-state index in [4.69, 9.17) is 16.3 Å². The second kappa shape index (κ2) is 5.31. The summed E-state index contributed by atoms with van der Waals surface area (Å²) < 4.78 is 5.32. The van der Waals surface area contributed by atoms with Crippen LogP contribution in [0.25, 0.3) is 0 Å². The first-order valence-electron chi connectivity index (χ1n) is 5.58. The molecule has 0 N–H and O–H groups in total. The van der Waals surface area contributed by atoms with Crippen LogP contribution in [0.4, 0.5) is 0 Å². The van der Waals surface area contributed by atoms with Crippen LogP contribution in [0, 0.1) is 0 Å². The van der Waals surface area contributed by atoms with E-state index in [1.54, 1.807) is 0 Å². The zero-order valence-corrected chi connectivity index (χ0v) is 9.38. The molecular weight excluding hydrogens is 200 g/mol. The van der Waals surface area contributed by atoms with E-state index in [2.05, 4.69) is 9.80 Å². The van der Waals surface area contributed by atoms with Gasteiger partial charge in [-0.25, -0.2) is 0 Å². The third-order valence-corrected chi connectivity index (χ3v) is 3.59. The molecule has 1 atom stereocenters. The van der Waals surface area contributed by atoms with E-state index >= 15 is 0 Å². The van der Waals surface area contributed by atoms with Crippen LogP contribution in [-0.4, -0.2) is 54.8 Å². The summed E-state index contributed by atoms with van der Waals surface area (Å²) in [6.07, 6.45) is 3.96. The number of piperidine rings is 1. The summed E-state index contributed by atoms with van der Waals surface area (Å²) in [6, 6.07) is 0. The summed E-state index contributed by atoms with van der Waals surface area (Å²) in [7, 11) is 0. The highest BCUT2D eigenvalue weighted by molar-refractivity contribution is 6.20. The standard InChI is InChI=1S/C10H19ClN2O/c11-10(12-4-2-1-3-5-12)13-6-8-14-9-7-13/h10H,1-9H2. The third-order valence-electron chi connectivity index (χ3n) is 3.04. The maximum Gasteiger partial charge on any atom is 0.140 e. The van der Waals surface area contributed by atoms with E-state index in [1.807, 2.05) is 0 Å². The van der Waals surface area contributed by atoms with Gasteiger partial charge in [-0.15, -0.1) is 0 Å². The number of hydrogen-bond acceptors (Lipinski definition) is 3. The molecule has 4 heteroatoms. The Hall–Kier alpha value is 0.170. The molecule has 0 radical (unpaired) electrons. The van der Waals surface area contributed by atoms with Gasteiger partial charge < -0.3 is 4.74 Å². The van der Waals surface area contributed by atoms with Crippen molar-refractivity contribution < 1.29 is 4.74 Å². The lowest BCUT2D eigenvalue weighted by molar-refractivity contribution is -0.00866. The summed E-state index contributed by atoms with van der Waals surface area (Å²) >= 11 is 6.43. The predicted octanol–water partition coefficient (Wildman–Crippen LogP) is 1.33. The molecule has 0 aromatic carbocycles. The molecule has 2 fully saturated rings. The second-order valence-corrected chi connectivity index (χ2v) is 4.45. The fourth-order valence-electron chi connectivity index (χ4n) is 2.15. The Bertz CT molecular complexity index is 150. The lowest BCUT2D eigenvalue weighted by Crippen LogP contribution is -2.50. The van der Waals surface area contributed by atoms with Gasteiger partial charge in [-0.3, -0.25) is 9.80 Å². The SMILES string of the molecule is ClC(N1CCCCC1)N1CCOCC1.